The normalized spacial score (nSPS) is 11.6. The number of hydrogen-bond donors (Lipinski definition) is 0. The molecule has 2 heterocycles. The molecule has 0 fully saturated rings. The van der Waals surface area contributed by atoms with E-state index in [1.165, 1.54) is 60.8 Å². The Hall–Kier alpha value is -4.56. The molecule has 0 aliphatic rings. The summed E-state index contributed by atoms with van der Waals surface area (Å²) in [5.41, 5.74) is 9.79. The maximum atomic E-state index is 2.39. The van der Waals surface area contributed by atoms with Crippen molar-refractivity contribution in [2.75, 3.05) is 0 Å². The van der Waals surface area contributed by atoms with Gasteiger partial charge in [0.15, 0.2) is 0 Å². The van der Waals surface area contributed by atoms with Crippen molar-refractivity contribution in [2.24, 2.45) is 0 Å². The van der Waals surface area contributed by atoms with E-state index in [1.54, 1.807) is 0 Å². The van der Waals surface area contributed by atoms with Crippen LogP contribution in [0, 0.1) is 6.92 Å². The van der Waals surface area contributed by atoms with E-state index < -0.39 is 0 Å². The molecule has 0 N–H and O–H groups in total. The van der Waals surface area contributed by atoms with Gasteiger partial charge < -0.3 is 9.13 Å². The predicted molar refractivity (Wildman–Crippen MR) is 148 cm³/mol. The third kappa shape index (κ3) is 3.11. The molecule has 2 heteroatoms. The fraction of sp³-hybridized carbons (Fsp3) is 0.0303. The molecule has 0 bridgehead atoms. The summed E-state index contributed by atoms with van der Waals surface area (Å²) in [6.07, 6.45) is 2.18. The highest BCUT2D eigenvalue weighted by Gasteiger charge is 2.17. The summed E-state index contributed by atoms with van der Waals surface area (Å²) >= 11 is 0. The van der Waals surface area contributed by atoms with Gasteiger partial charge in [-0.3, -0.25) is 0 Å². The van der Waals surface area contributed by atoms with Crippen molar-refractivity contribution in [3.05, 3.63) is 133 Å². The summed E-state index contributed by atoms with van der Waals surface area (Å²) in [5.74, 6) is 0. The van der Waals surface area contributed by atoms with Gasteiger partial charge in [0.2, 0.25) is 0 Å². The fourth-order valence-electron chi connectivity index (χ4n) is 5.31. The summed E-state index contributed by atoms with van der Waals surface area (Å²) in [5, 5.41) is 3.81. The number of para-hydroxylation sites is 2. The van der Waals surface area contributed by atoms with Gasteiger partial charge in [-0.2, -0.15) is 0 Å². The molecule has 7 aromatic rings. The van der Waals surface area contributed by atoms with E-state index in [1.807, 2.05) is 0 Å². The van der Waals surface area contributed by atoms with E-state index in [0.717, 1.165) is 0 Å². The minimum atomic E-state index is 1.17. The van der Waals surface area contributed by atoms with Gasteiger partial charge in [0.25, 0.3) is 0 Å². The van der Waals surface area contributed by atoms with E-state index in [4.69, 9.17) is 0 Å². The molecule has 35 heavy (non-hydrogen) atoms. The Kier molecular flexibility index (Phi) is 4.40. The van der Waals surface area contributed by atoms with Gasteiger partial charge in [-0.15, -0.1) is 0 Å². The second-order valence-electron chi connectivity index (χ2n) is 9.18. The lowest BCUT2D eigenvalue weighted by atomic mass is 10.0. The van der Waals surface area contributed by atoms with Crippen molar-refractivity contribution in [1.29, 1.82) is 0 Å². The zero-order chi connectivity index (χ0) is 23.4. The van der Waals surface area contributed by atoms with Gasteiger partial charge in [-0.25, -0.2) is 0 Å². The molecule has 0 saturated heterocycles. The first kappa shape index (κ1) is 19.9. The van der Waals surface area contributed by atoms with E-state index in [9.17, 15) is 0 Å². The zero-order valence-corrected chi connectivity index (χ0v) is 19.5. The monoisotopic (exact) mass is 448 g/mol. The standard InChI is InChI=1S/C33H24N2/c1-23-11-13-24(14-12-23)25-15-18-28(19-16-25)35-30-10-6-5-9-29(30)32-31(35)20-17-26-21-22-34(33(26)32)27-7-3-2-4-8-27/h2-22H,1H3. The molecule has 0 radical (unpaired) electrons. The van der Waals surface area contributed by atoms with Crippen LogP contribution in [0.3, 0.4) is 0 Å². The molecule has 166 valence electrons. The van der Waals surface area contributed by atoms with Crippen molar-refractivity contribution in [2.45, 2.75) is 6.92 Å². The molecule has 0 atom stereocenters. The van der Waals surface area contributed by atoms with E-state index >= 15 is 0 Å². The first-order chi connectivity index (χ1) is 17.3. The lowest BCUT2D eigenvalue weighted by Gasteiger charge is -2.10. The van der Waals surface area contributed by atoms with Gasteiger partial charge in [-0.05, 0) is 60.5 Å². The SMILES string of the molecule is Cc1ccc(-c2ccc(-n3c4ccccc4c4c5c(ccc43)ccn5-c3ccccc3)cc2)cc1. The molecule has 5 aromatic carbocycles. The van der Waals surface area contributed by atoms with Crippen molar-refractivity contribution in [3.8, 4) is 22.5 Å². The summed E-state index contributed by atoms with van der Waals surface area (Å²) in [6.45, 7) is 2.13. The molecule has 7 rings (SSSR count). The Morgan fingerprint density at radius 3 is 1.97 bits per heavy atom. The van der Waals surface area contributed by atoms with Crippen molar-refractivity contribution >= 4 is 32.7 Å². The number of aryl methyl sites for hydroxylation is 1. The number of benzene rings is 5. The Morgan fingerprint density at radius 1 is 0.514 bits per heavy atom. The molecule has 0 aliphatic heterocycles. The smallest absolute Gasteiger partial charge is 0.0628 e. The molecule has 0 amide bonds. The second kappa shape index (κ2) is 7.75. The van der Waals surface area contributed by atoms with Gasteiger partial charge in [0.05, 0.1) is 16.6 Å². The fourth-order valence-corrected chi connectivity index (χ4v) is 5.31. The van der Waals surface area contributed by atoms with Crippen molar-refractivity contribution in [1.82, 2.24) is 9.13 Å². The van der Waals surface area contributed by atoms with Crippen LogP contribution in [0.2, 0.25) is 0 Å². The highest BCUT2D eigenvalue weighted by Crippen LogP contribution is 2.38. The molecule has 0 saturated carbocycles. The van der Waals surface area contributed by atoms with Crippen LogP contribution >= 0.6 is 0 Å². The van der Waals surface area contributed by atoms with Crippen molar-refractivity contribution in [3.63, 3.8) is 0 Å². The van der Waals surface area contributed by atoms with Crippen LogP contribution in [-0.4, -0.2) is 9.13 Å². The predicted octanol–water partition coefficient (Wildman–Crippen LogP) is 8.70. The zero-order valence-electron chi connectivity index (χ0n) is 19.5. The first-order valence-corrected chi connectivity index (χ1v) is 12.0. The molecular formula is C33H24N2. The Morgan fingerprint density at radius 2 is 1.20 bits per heavy atom. The Balaban J connectivity index is 1.49. The average molecular weight is 449 g/mol. The number of rotatable bonds is 3. The average Bonchev–Trinajstić information content (AvgIpc) is 3.49. The van der Waals surface area contributed by atoms with Crippen LogP contribution in [0.4, 0.5) is 0 Å². The van der Waals surface area contributed by atoms with Gasteiger partial charge >= 0.3 is 0 Å². The molecule has 2 nitrogen and oxygen atoms in total. The van der Waals surface area contributed by atoms with Gasteiger partial charge in [0, 0.05) is 33.7 Å². The van der Waals surface area contributed by atoms with Gasteiger partial charge in [-0.1, -0.05) is 84.4 Å². The summed E-state index contributed by atoms with van der Waals surface area (Å²) in [4.78, 5) is 0. The minimum absolute atomic E-state index is 1.17. The van der Waals surface area contributed by atoms with Crippen LogP contribution in [-0.2, 0) is 0 Å². The largest absolute Gasteiger partial charge is 0.316 e. The highest BCUT2D eigenvalue weighted by molar-refractivity contribution is 6.20. The van der Waals surface area contributed by atoms with E-state index in [2.05, 4.69) is 144 Å². The number of nitrogens with zero attached hydrogens (tertiary/aromatic N) is 2. The summed E-state index contributed by atoms with van der Waals surface area (Å²) < 4.78 is 4.71. The number of hydrogen-bond acceptors (Lipinski definition) is 0. The third-order valence-corrected chi connectivity index (χ3v) is 7.03. The highest BCUT2D eigenvalue weighted by atomic mass is 15.0. The lowest BCUT2D eigenvalue weighted by molar-refractivity contribution is 1.13. The third-order valence-electron chi connectivity index (χ3n) is 7.03. The molecular weight excluding hydrogens is 424 g/mol. The quantitative estimate of drug-likeness (QED) is 0.256. The topological polar surface area (TPSA) is 9.86 Å². The van der Waals surface area contributed by atoms with Gasteiger partial charge in [0.1, 0.15) is 0 Å². The molecule has 0 unspecified atom stereocenters. The summed E-state index contributed by atoms with van der Waals surface area (Å²) in [6, 6.07) is 43.7. The maximum Gasteiger partial charge on any atom is 0.0628 e. The number of aromatic nitrogens is 2. The van der Waals surface area contributed by atoms with Crippen LogP contribution in [0.25, 0.3) is 55.2 Å². The van der Waals surface area contributed by atoms with Crippen LogP contribution in [0.1, 0.15) is 5.56 Å². The first-order valence-electron chi connectivity index (χ1n) is 12.0. The molecule has 2 aromatic heterocycles. The van der Waals surface area contributed by atoms with Crippen LogP contribution < -0.4 is 0 Å². The van der Waals surface area contributed by atoms with E-state index in [0.29, 0.717) is 0 Å². The number of fused-ring (bicyclic) bond motifs is 5. The van der Waals surface area contributed by atoms with Crippen molar-refractivity contribution < 1.29 is 0 Å². The second-order valence-corrected chi connectivity index (χ2v) is 9.18. The molecule has 0 aliphatic carbocycles. The lowest BCUT2D eigenvalue weighted by Crippen LogP contribution is -1.94. The minimum Gasteiger partial charge on any atom is -0.316 e. The summed E-state index contributed by atoms with van der Waals surface area (Å²) in [7, 11) is 0. The maximum absolute atomic E-state index is 2.39. The Bertz CT molecular complexity index is 1820. The van der Waals surface area contributed by atoms with Crippen LogP contribution in [0.5, 0.6) is 0 Å². The van der Waals surface area contributed by atoms with Crippen LogP contribution in [0.15, 0.2) is 128 Å². The Labute approximate surface area is 204 Å². The molecule has 0 spiro atoms. The van der Waals surface area contributed by atoms with E-state index in [-0.39, 0.29) is 0 Å².